The molecule has 20 nitrogen and oxygen atoms in total. The molecule has 0 fully saturated rings. The fourth-order valence-corrected chi connectivity index (χ4v) is 4.70. The fourth-order valence-electron chi connectivity index (χ4n) is 4.70. The van der Waals surface area contributed by atoms with Crippen molar-refractivity contribution in [3.63, 3.8) is 0 Å². The van der Waals surface area contributed by atoms with Crippen molar-refractivity contribution in [3.05, 3.63) is 118 Å². The zero-order valence-corrected chi connectivity index (χ0v) is 33.3. The lowest BCUT2D eigenvalue weighted by molar-refractivity contribution is 0.101. The van der Waals surface area contributed by atoms with Gasteiger partial charge < -0.3 is 55.9 Å². The van der Waals surface area contributed by atoms with Gasteiger partial charge >= 0.3 is 0 Å². The van der Waals surface area contributed by atoms with Crippen LogP contribution in [0.4, 0.5) is 11.4 Å². The first-order valence-corrected chi connectivity index (χ1v) is 17.3. The summed E-state index contributed by atoms with van der Waals surface area (Å²) in [5.41, 5.74) is 40.9. The van der Waals surface area contributed by atoms with Crippen LogP contribution in [0.15, 0.2) is 95.1 Å². The largest absolute Gasteiger partial charge is 0.390 e. The van der Waals surface area contributed by atoms with Crippen molar-refractivity contribution < 1.29 is 9.59 Å². The molecule has 0 atom stereocenters. The van der Waals surface area contributed by atoms with Crippen LogP contribution in [0.5, 0.6) is 0 Å². The highest BCUT2D eigenvalue weighted by atomic mass is 16.2. The van der Waals surface area contributed by atoms with Gasteiger partial charge in [-0.2, -0.15) is 10.2 Å². The van der Waals surface area contributed by atoms with Crippen LogP contribution >= 0.6 is 0 Å². The fraction of sp³-hybridized carbons (Fsp3) is 0.128. The average Bonchev–Trinajstić information content (AvgIpc) is 3.19. The van der Waals surface area contributed by atoms with E-state index in [1.54, 1.807) is 88.4 Å². The van der Waals surface area contributed by atoms with E-state index in [1.165, 1.54) is 7.05 Å². The Morgan fingerprint density at radius 1 is 0.525 bits per heavy atom. The first-order chi connectivity index (χ1) is 27.8. The minimum Gasteiger partial charge on any atom is -0.390 e. The smallest absolute Gasteiger partial charge is 0.255 e. The molecule has 22 N–H and O–H groups in total. The lowest BCUT2D eigenvalue weighted by Gasteiger charge is -2.12. The van der Waals surface area contributed by atoms with Crippen LogP contribution in [0, 0.1) is 32.5 Å². The number of hydrazone groups is 2. The molecule has 4 rings (SSSR count). The van der Waals surface area contributed by atoms with Crippen LogP contribution in [0.25, 0.3) is 11.1 Å². The highest BCUT2D eigenvalue weighted by molar-refractivity contribution is 6.10. The Morgan fingerprint density at radius 3 is 1.05 bits per heavy atom. The van der Waals surface area contributed by atoms with Gasteiger partial charge in [-0.3, -0.25) is 31.2 Å². The van der Waals surface area contributed by atoms with Crippen molar-refractivity contribution in [2.24, 2.45) is 44.6 Å². The molecule has 0 aromatic heterocycles. The second kappa shape index (κ2) is 24.3. The molecule has 0 aliphatic carbocycles. The number of anilines is 2. The molecule has 2 amide bonds. The Morgan fingerprint density at radius 2 is 0.797 bits per heavy atom. The third-order valence-electron chi connectivity index (χ3n) is 7.40. The normalized spacial score (nSPS) is 10.3. The summed E-state index contributed by atoms with van der Waals surface area (Å²) in [7, 11) is 1.50. The molecule has 0 spiro atoms. The lowest BCUT2D eigenvalue weighted by Crippen LogP contribution is -2.26. The van der Waals surface area contributed by atoms with Gasteiger partial charge in [0.1, 0.15) is 0 Å². The van der Waals surface area contributed by atoms with Gasteiger partial charge in [-0.05, 0) is 118 Å². The highest BCUT2D eigenvalue weighted by Gasteiger charge is 2.13. The average molecular weight is 805 g/mol. The van der Waals surface area contributed by atoms with E-state index in [1.807, 2.05) is 24.3 Å². The molecule has 0 unspecified atom stereocenters. The summed E-state index contributed by atoms with van der Waals surface area (Å²) in [6.07, 6.45) is 0.750. The van der Waals surface area contributed by atoms with Gasteiger partial charge in [-0.1, -0.05) is 24.3 Å². The van der Waals surface area contributed by atoms with E-state index in [9.17, 15) is 9.59 Å². The van der Waals surface area contributed by atoms with E-state index < -0.39 is 0 Å². The number of carbonyl (C=O) groups is 2. The second-order valence-corrected chi connectivity index (χ2v) is 12.0. The van der Waals surface area contributed by atoms with Gasteiger partial charge in [-0.25, -0.2) is 10.9 Å². The van der Waals surface area contributed by atoms with Gasteiger partial charge in [-0.15, -0.1) is 0 Å². The molecule has 0 bridgehead atoms. The van der Waals surface area contributed by atoms with Crippen molar-refractivity contribution in [1.82, 2.24) is 10.9 Å². The van der Waals surface area contributed by atoms with Crippen molar-refractivity contribution in [1.29, 1.82) is 32.5 Å². The number of carbonyl (C=O) groups excluding carboxylic acids is 2. The number of benzene rings is 4. The van der Waals surface area contributed by atoms with Crippen LogP contribution in [0.2, 0.25) is 0 Å². The van der Waals surface area contributed by atoms with Crippen molar-refractivity contribution in [2.45, 2.75) is 27.7 Å². The number of nitrogens with two attached hydrogens (primary N) is 6. The van der Waals surface area contributed by atoms with Crippen LogP contribution < -0.4 is 55.9 Å². The van der Waals surface area contributed by atoms with E-state index in [4.69, 9.17) is 43.9 Å². The summed E-state index contributed by atoms with van der Waals surface area (Å²) < 4.78 is 0. The Labute approximate surface area is 341 Å². The third-order valence-corrected chi connectivity index (χ3v) is 7.40. The van der Waals surface area contributed by atoms with Crippen LogP contribution in [0.1, 0.15) is 70.7 Å². The van der Waals surface area contributed by atoms with Gasteiger partial charge in [0.25, 0.3) is 11.8 Å². The van der Waals surface area contributed by atoms with Crippen LogP contribution in [-0.4, -0.2) is 65.9 Å². The van der Waals surface area contributed by atoms with Gasteiger partial charge in [0, 0.05) is 45.1 Å². The molecule has 0 saturated heterocycles. The first kappa shape index (κ1) is 48.8. The van der Waals surface area contributed by atoms with Crippen LogP contribution in [-0.2, 0) is 0 Å². The zero-order valence-electron chi connectivity index (χ0n) is 33.3. The predicted molar refractivity (Wildman–Crippen MR) is 239 cm³/mol. The number of amides is 2. The maximum Gasteiger partial charge on any atom is 0.255 e. The zero-order chi connectivity index (χ0) is 44.8. The first-order valence-electron chi connectivity index (χ1n) is 17.3. The molecular weight excluding hydrogens is 753 g/mol. The molecule has 0 aliphatic rings. The molecule has 4 aromatic rings. The van der Waals surface area contributed by atoms with Crippen molar-refractivity contribution in [2.75, 3.05) is 17.7 Å². The SMILES string of the molecule is CC(=N)c1cc(NC(=O)c2ccc(-c3ccc(C(=O)Nc4cc(C(C)=N)cc(/C(C)=N\NC(=N)N)c4)cc3)cc2)cc(/C(C)=N\NC(=N)N)c1.CN.N=C(N)N.N=CN. The van der Waals surface area contributed by atoms with Gasteiger partial charge in [0.05, 0.1) is 17.8 Å². The lowest BCUT2D eigenvalue weighted by atomic mass is 10.0. The molecule has 4 aromatic carbocycles. The second-order valence-electron chi connectivity index (χ2n) is 12.0. The van der Waals surface area contributed by atoms with Gasteiger partial charge in [0.15, 0.2) is 5.96 Å². The summed E-state index contributed by atoms with van der Waals surface area (Å²) in [4.78, 5) is 26.3. The molecule has 0 saturated carbocycles. The topological polar surface area (TPSA) is 406 Å². The predicted octanol–water partition coefficient (Wildman–Crippen LogP) is 3.01. The monoisotopic (exact) mass is 804 g/mol. The highest BCUT2D eigenvalue weighted by Crippen LogP contribution is 2.23. The summed E-state index contributed by atoms with van der Waals surface area (Å²) >= 11 is 0. The van der Waals surface area contributed by atoms with E-state index >= 15 is 0 Å². The van der Waals surface area contributed by atoms with Crippen molar-refractivity contribution in [3.8, 4) is 11.1 Å². The molecule has 0 aliphatic heterocycles. The van der Waals surface area contributed by atoms with E-state index in [-0.39, 0.29) is 29.7 Å². The molecule has 0 heterocycles. The standard InChI is InChI=1S/C36H38N12O2.CH5N3.CH4N2.CH5N/c1-19(37)27-13-29(21(3)45-47-35(39)40)17-31(15-27)43-33(49)25-9-5-23(6-10-25)24-7-11-26(12-8-24)34(50)44-32-16-28(20(2)38)14-30(18-32)22(4)46-48-36(41)42;2-1(3)4;2-1-3;1-2/h5-18,37-38H,1-4H3,(H,43,49)(H,44,50)(H4,39,40,47)(H4,41,42,48);(H5,2,3,4);1H,(H3,2,3);2H2,1H3/b37-19?,38-20?,45-21-,46-22-;;;. The number of guanidine groups is 3. The Balaban J connectivity index is 0.00000177. The molecular formula is C39H52N18O2. The minimum absolute atomic E-state index is 0.308. The Kier molecular flexibility index (Phi) is 20.1. The number of nitrogens with one attached hydrogen (secondary N) is 10. The summed E-state index contributed by atoms with van der Waals surface area (Å²) in [6, 6.07) is 24.5. The Bertz CT molecular complexity index is 2070. The van der Waals surface area contributed by atoms with E-state index in [0.717, 1.165) is 17.5 Å². The maximum atomic E-state index is 13.2. The molecule has 310 valence electrons. The van der Waals surface area contributed by atoms with E-state index in [0.29, 0.717) is 67.6 Å². The number of hydrogen-bond donors (Lipinski definition) is 16. The van der Waals surface area contributed by atoms with E-state index in [2.05, 4.69) is 54.6 Å². The summed E-state index contributed by atoms with van der Waals surface area (Å²) in [5, 5.41) is 56.6. The number of rotatable bonds is 11. The third kappa shape index (κ3) is 17.0. The summed E-state index contributed by atoms with van der Waals surface area (Å²) in [5.74, 6) is -1.63. The maximum absolute atomic E-state index is 13.2. The van der Waals surface area contributed by atoms with Crippen molar-refractivity contribution >= 4 is 70.3 Å². The molecule has 0 radical (unpaired) electrons. The number of nitrogens with zero attached hydrogens (tertiary/aromatic N) is 2. The molecule has 59 heavy (non-hydrogen) atoms. The Hall–Kier alpha value is -8.26. The minimum atomic E-state index is -0.340. The summed E-state index contributed by atoms with van der Waals surface area (Å²) in [6.45, 7) is 6.74. The molecule has 20 heteroatoms. The van der Waals surface area contributed by atoms with Crippen LogP contribution in [0.3, 0.4) is 0 Å². The number of hydrogen-bond acceptors (Lipinski definition) is 11. The van der Waals surface area contributed by atoms with Gasteiger partial charge in [0.2, 0.25) is 11.9 Å². The quantitative estimate of drug-likeness (QED) is 0.0597.